The van der Waals surface area contributed by atoms with Crippen molar-refractivity contribution in [2.75, 3.05) is 13.7 Å². The third-order valence-corrected chi connectivity index (χ3v) is 4.33. The summed E-state index contributed by atoms with van der Waals surface area (Å²) in [5.74, 6) is 2.35. The number of para-hydroxylation sites is 2. The Hall–Kier alpha value is -2.54. The smallest absolute Gasteiger partial charge is 0.214 e. The van der Waals surface area contributed by atoms with Gasteiger partial charge in [-0.05, 0) is 47.2 Å². The molecule has 0 saturated carbocycles. The quantitative estimate of drug-likeness (QED) is 0.614. The van der Waals surface area contributed by atoms with E-state index in [2.05, 4.69) is 21.6 Å². The first-order valence-corrected chi connectivity index (χ1v) is 8.56. The SMILES string of the molecule is CCOc1ccccc1-n1nnnc1SCc1cccc(OC)c1. The summed E-state index contributed by atoms with van der Waals surface area (Å²) in [6.45, 7) is 2.54. The summed E-state index contributed by atoms with van der Waals surface area (Å²) in [6.07, 6.45) is 0. The number of nitrogens with zero attached hydrogens (tertiary/aromatic N) is 4. The zero-order valence-corrected chi connectivity index (χ0v) is 14.4. The monoisotopic (exact) mass is 342 g/mol. The van der Waals surface area contributed by atoms with Crippen molar-refractivity contribution in [3.8, 4) is 17.2 Å². The summed E-state index contributed by atoms with van der Waals surface area (Å²) in [4.78, 5) is 0. The summed E-state index contributed by atoms with van der Waals surface area (Å²) >= 11 is 1.56. The van der Waals surface area contributed by atoms with Gasteiger partial charge in [-0.15, -0.1) is 5.10 Å². The van der Waals surface area contributed by atoms with Crippen molar-refractivity contribution in [1.29, 1.82) is 0 Å². The standard InChI is InChI=1S/C17H18N4O2S/c1-3-23-16-10-5-4-9-15(16)21-17(18-19-20-21)24-12-13-7-6-8-14(11-13)22-2/h4-11H,3,12H2,1-2H3. The minimum Gasteiger partial charge on any atom is -0.497 e. The fraction of sp³-hybridized carbons (Fsp3) is 0.235. The molecule has 124 valence electrons. The Balaban J connectivity index is 1.81. The Morgan fingerprint density at radius 3 is 2.83 bits per heavy atom. The van der Waals surface area contributed by atoms with Gasteiger partial charge in [0, 0.05) is 5.75 Å². The molecule has 0 aliphatic heterocycles. The average molecular weight is 342 g/mol. The number of rotatable bonds is 7. The van der Waals surface area contributed by atoms with E-state index < -0.39 is 0 Å². The topological polar surface area (TPSA) is 62.1 Å². The molecule has 1 aromatic heterocycles. The number of hydrogen-bond acceptors (Lipinski definition) is 6. The fourth-order valence-electron chi connectivity index (χ4n) is 2.24. The molecule has 0 radical (unpaired) electrons. The Kier molecular flexibility index (Phi) is 5.32. The van der Waals surface area contributed by atoms with Crippen LogP contribution >= 0.6 is 11.8 Å². The second-order valence-corrected chi connectivity index (χ2v) is 5.86. The third kappa shape index (κ3) is 3.68. The van der Waals surface area contributed by atoms with E-state index in [-0.39, 0.29) is 0 Å². The summed E-state index contributed by atoms with van der Waals surface area (Å²) in [6, 6.07) is 15.7. The molecule has 0 saturated heterocycles. The first-order valence-electron chi connectivity index (χ1n) is 7.58. The zero-order chi connectivity index (χ0) is 16.8. The van der Waals surface area contributed by atoms with Gasteiger partial charge in [-0.3, -0.25) is 0 Å². The van der Waals surface area contributed by atoms with Gasteiger partial charge in [-0.25, -0.2) is 0 Å². The van der Waals surface area contributed by atoms with E-state index in [4.69, 9.17) is 9.47 Å². The van der Waals surface area contributed by atoms with Gasteiger partial charge >= 0.3 is 0 Å². The minimum atomic E-state index is 0.589. The van der Waals surface area contributed by atoms with Crippen LogP contribution in [0.1, 0.15) is 12.5 Å². The molecule has 0 bridgehead atoms. The lowest BCUT2D eigenvalue weighted by atomic mass is 10.2. The van der Waals surface area contributed by atoms with E-state index in [0.717, 1.165) is 28.5 Å². The molecule has 1 heterocycles. The van der Waals surface area contributed by atoms with Crippen molar-refractivity contribution < 1.29 is 9.47 Å². The van der Waals surface area contributed by atoms with Gasteiger partial charge in [0.05, 0.1) is 13.7 Å². The second kappa shape index (κ2) is 7.83. The number of thioether (sulfide) groups is 1. The molecule has 0 spiro atoms. The highest BCUT2D eigenvalue weighted by molar-refractivity contribution is 7.98. The molecule has 0 fully saturated rings. The predicted octanol–water partition coefficient (Wildman–Crippen LogP) is 3.36. The number of methoxy groups -OCH3 is 1. The van der Waals surface area contributed by atoms with Gasteiger partial charge in [-0.2, -0.15) is 4.68 Å². The molecule has 7 heteroatoms. The first-order chi connectivity index (χ1) is 11.8. The third-order valence-electron chi connectivity index (χ3n) is 3.34. The van der Waals surface area contributed by atoms with E-state index in [1.807, 2.05) is 49.4 Å². The average Bonchev–Trinajstić information content (AvgIpc) is 3.09. The highest BCUT2D eigenvalue weighted by Crippen LogP contribution is 2.28. The molecule has 0 atom stereocenters. The number of tetrazole rings is 1. The first kappa shape index (κ1) is 16.3. The van der Waals surface area contributed by atoms with Crippen molar-refractivity contribution in [2.24, 2.45) is 0 Å². The number of benzene rings is 2. The molecule has 6 nitrogen and oxygen atoms in total. The Bertz CT molecular complexity index is 807. The van der Waals surface area contributed by atoms with Crippen molar-refractivity contribution >= 4 is 11.8 Å². The maximum Gasteiger partial charge on any atom is 0.214 e. The highest BCUT2D eigenvalue weighted by Gasteiger charge is 2.13. The fourth-order valence-corrected chi connectivity index (χ4v) is 3.07. The minimum absolute atomic E-state index is 0.589. The Labute approximate surface area is 144 Å². The molecule has 0 unspecified atom stereocenters. The lowest BCUT2D eigenvalue weighted by Crippen LogP contribution is -2.03. The lowest BCUT2D eigenvalue weighted by Gasteiger charge is -2.10. The van der Waals surface area contributed by atoms with Gasteiger partial charge in [0.25, 0.3) is 0 Å². The maximum atomic E-state index is 5.67. The van der Waals surface area contributed by atoms with Crippen LogP contribution in [0.4, 0.5) is 0 Å². The second-order valence-electron chi connectivity index (χ2n) is 4.91. The van der Waals surface area contributed by atoms with Crippen LogP contribution in [0.25, 0.3) is 5.69 Å². The highest BCUT2D eigenvalue weighted by atomic mass is 32.2. The van der Waals surface area contributed by atoms with E-state index in [0.29, 0.717) is 11.8 Å². The largest absolute Gasteiger partial charge is 0.497 e. The number of aromatic nitrogens is 4. The van der Waals surface area contributed by atoms with Crippen LogP contribution in [0.5, 0.6) is 11.5 Å². The molecule has 2 aromatic carbocycles. The van der Waals surface area contributed by atoms with Crippen LogP contribution in [0.15, 0.2) is 53.7 Å². The van der Waals surface area contributed by atoms with Crippen molar-refractivity contribution in [3.63, 3.8) is 0 Å². The van der Waals surface area contributed by atoms with E-state index in [1.165, 1.54) is 0 Å². The van der Waals surface area contributed by atoms with Crippen molar-refractivity contribution in [1.82, 2.24) is 20.2 Å². The summed E-state index contributed by atoms with van der Waals surface area (Å²) in [5.41, 5.74) is 1.98. The van der Waals surface area contributed by atoms with Crippen molar-refractivity contribution in [3.05, 3.63) is 54.1 Å². The molecular weight excluding hydrogens is 324 g/mol. The van der Waals surface area contributed by atoms with Crippen LogP contribution < -0.4 is 9.47 Å². The number of ether oxygens (including phenoxy) is 2. The Morgan fingerprint density at radius 2 is 2.00 bits per heavy atom. The number of hydrogen-bond donors (Lipinski definition) is 0. The van der Waals surface area contributed by atoms with Crippen LogP contribution in [-0.4, -0.2) is 33.9 Å². The van der Waals surface area contributed by atoms with Gasteiger partial charge in [0.2, 0.25) is 5.16 Å². The molecule has 24 heavy (non-hydrogen) atoms. The molecule has 0 amide bonds. The predicted molar refractivity (Wildman–Crippen MR) is 92.9 cm³/mol. The zero-order valence-electron chi connectivity index (χ0n) is 13.5. The van der Waals surface area contributed by atoms with E-state index in [1.54, 1.807) is 23.6 Å². The summed E-state index contributed by atoms with van der Waals surface area (Å²) in [5, 5.41) is 12.8. The van der Waals surface area contributed by atoms with Gasteiger partial charge in [0.15, 0.2) is 0 Å². The van der Waals surface area contributed by atoms with Crippen LogP contribution in [0.3, 0.4) is 0 Å². The molecule has 3 aromatic rings. The van der Waals surface area contributed by atoms with E-state index >= 15 is 0 Å². The van der Waals surface area contributed by atoms with Crippen molar-refractivity contribution in [2.45, 2.75) is 17.8 Å². The van der Waals surface area contributed by atoms with E-state index in [9.17, 15) is 0 Å². The normalized spacial score (nSPS) is 10.6. The molecule has 0 aliphatic rings. The Morgan fingerprint density at radius 1 is 1.12 bits per heavy atom. The molecule has 0 aliphatic carbocycles. The van der Waals surface area contributed by atoms with Crippen LogP contribution in [0.2, 0.25) is 0 Å². The van der Waals surface area contributed by atoms with Crippen LogP contribution in [-0.2, 0) is 5.75 Å². The van der Waals surface area contributed by atoms with Gasteiger partial charge in [0.1, 0.15) is 17.2 Å². The molecule has 3 rings (SSSR count). The molecular formula is C17H18N4O2S. The van der Waals surface area contributed by atoms with Gasteiger partial charge < -0.3 is 9.47 Å². The van der Waals surface area contributed by atoms with Crippen LogP contribution in [0, 0.1) is 0 Å². The summed E-state index contributed by atoms with van der Waals surface area (Å²) in [7, 11) is 1.66. The van der Waals surface area contributed by atoms with Gasteiger partial charge in [-0.1, -0.05) is 36.0 Å². The summed E-state index contributed by atoms with van der Waals surface area (Å²) < 4.78 is 12.6. The maximum absolute atomic E-state index is 5.67. The molecule has 0 N–H and O–H groups in total. The lowest BCUT2D eigenvalue weighted by molar-refractivity contribution is 0.337.